The monoisotopic (exact) mass is 812 g/mol. The minimum atomic E-state index is -4.34. The molecule has 0 heterocycles. The molecular formula is C47H92N2O6P+. The van der Waals surface area contributed by atoms with Crippen LogP contribution < -0.4 is 5.32 Å². The first-order chi connectivity index (χ1) is 27.0. The lowest BCUT2D eigenvalue weighted by atomic mass is 10.0. The Morgan fingerprint density at radius 2 is 0.982 bits per heavy atom. The first-order valence-corrected chi connectivity index (χ1v) is 24.9. The molecule has 1 amide bonds. The van der Waals surface area contributed by atoms with Crippen LogP contribution in [-0.4, -0.2) is 73.4 Å². The van der Waals surface area contributed by atoms with Gasteiger partial charge in [0.2, 0.25) is 5.91 Å². The van der Waals surface area contributed by atoms with Gasteiger partial charge < -0.3 is 19.8 Å². The quantitative estimate of drug-likeness (QED) is 0.0245. The van der Waals surface area contributed by atoms with E-state index in [1.807, 2.05) is 27.2 Å². The highest BCUT2D eigenvalue weighted by Gasteiger charge is 2.27. The predicted octanol–water partition coefficient (Wildman–Crippen LogP) is 13.1. The summed E-state index contributed by atoms with van der Waals surface area (Å²) in [4.78, 5) is 23.1. The summed E-state index contributed by atoms with van der Waals surface area (Å²) in [7, 11) is 1.55. The molecule has 0 radical (unpaired) electrons. The van der Waals surface area contributed by atoms with Crippen LogP contribution in [0.3, 0.4) is 0 Å². The van der Waals surface area contributed by atoms with Gasteiger partial charge in [-0.3, -0.25) is 13.8 Å². The molecule has 0 aromatic carbocycles. The molecule has 3 N–H and O–H groups in total. The van der Waals surface area contributed by atoms with E-state index in [2.05, 4.69) is 43.5 Å². The van der Waals surface area contributed by atoms with Crippen molar-refractivity contribution in [3.63, 3.8) is 0 Å². The van der Waals surface area contributed by atoms with Crippen LogP contribution in [0.5, 0.6) is 0 Å². The smallest absolute Gasteiger partial charge is 0.387 e. The number of hydrogen-bond acceptors (Lipinski definition) is 5. The van der Waals surface area contributed by atoms with Crippen LogP contribution in [0.2, 0.25) is 0 Å². The summed E-state index contributed by atoms with van der Waals surface area (Å²) < 4.78 is 23.6. The van der Waals surface area contributed by atoms with E-state index in [4.69, 9.17) is 9.05 Å². The van der Waals surface area contributed by atoms with Crippen molar-refractivity contribution in [1.82, 2.24) is 5.32 Å². The molecule has 0 fully saturated rings. The first kappa shape index (κ1) is 54.7. The topological polar surface area (TPSA) is 105 Å². The third-order valence-corrected chi connectivity index (χ3v) is 11.3. The summed E-state index contributed by atoms with van der Waals surface area (Å²) in [5.41, 5.74) is 0. The Labute approximate surface area is 347 Å². The second-order valence-corrected chi connectivity index (χ2v) is 18.6. The Balaban J connectivity index is 4.41. The van der Waals surface area contributed by atoms with Crippen molar-refractivity contribution in [2.75, 3.05) is 40.9 Å². The minimum absolute atomic E-state index is 0.0560. The number of amides is 1. The van der Waals surface area contributed by atoms with E-state index in [0.717, 1.165) is 38.5 Å². The fourth-order valence-corrected chi connectivity index (χ4v) is 7.32. The molecule has 8 nitrogen and oxygen atoms in total. The number of rotatable bonds is 42. The summed E-state index contributed by atoms with van der Waals surface area (Å²) >= 11 is 0. The summed E-state index contributed by atoms with van der Waals surface area (Å²) in [5, 5.41) is 13.8. The van der Waals surface area contributed by atoms with E-state index >= 15 is 0 Å². The van der Waals surface area contributed by atoms with Crippen LogP contribution in [0.1, 0.15) is 206 Å². The van der Waals surface area contributed by atoms with E-state index in [1.165, 1.54) is 148 Å². The van der Waals surface area contributed by atoms with Gasteiger partial charge in [0, 0.05) is 6.42 Å². The summed E-state index contributed by atoms with van der Waals surface area (Å²) in [6, 6.07) is -0.862. The normalized spacial score (nSPS) is 14.6. The third-order valence-electron chi connectivity index (χ3n) is 10.3. The lowest BCUT2D eigenvalue weighted by molar-refractivity contribution is -0.870. The van der Waals surface area contributed by atoms with Crippen molar-refractivity contribution >= 4 is 13.7 Å². The molecule has 0 aliphatic rings. The highest BCUT2D eigenvalue weighted by atomic mass is 31.2. The van der Waals surface area contributed by atoms with Crippen molar-refractivity contribution in [2.45, 2.75) is 219 Å². The number of unbranched alkanes of at least 4 members (excludes halogenated alkanes) is 25. The standard InChI is InChI=1S/C47H91N2O6P/c1-6-8-10-12-14-16-18-20-22-23-24-25-27-29-31-33-35-37-39-41-47(51)48-45(44-55-56(52,53)54-43-42-49(3,4)5)46(50)40-38-36-34-32-30-28-26-21-19-17-15-13-11-9-7-2/h20,22,30,32,38,40,45-46,50H,6-19,21,23-29,31,33-37,39,41-44H2,1-5H3,(H-,48,51,52,53)/p+1/b22-20-,32-30+,40-38+. The summed E-state index contributed by atoms with van der Waals surface area (Å²) in [6.07, 6.45) is 47.9. The molecule has 3 atom stereocenters. The van der Waals surface area contributed by atoms with Gasteiger partial charge >= 0.3 is 7.82 Å². The Morgan fingerprint density at radius 1 is 0.589 bits per heavy atom. The second-order valence-electron chi connectivity index (χ2n) is 17.1. The SMILES string of the molecule is CCCCCCCC/C=C\CCCCCCCCCCCC(=O)NC(COP(=O)(O)OCC[N+](C)(C)C)C(O)/C=C/CC/C=C/CCCCCCCCCCC. The minimum Gasteiger partial charge on any atom is -0.387 e. The largest absolute Gasteiger partial charge is 0.472 e. The number of allylic oxidation sites excluding steroid dienone is 5. The molecule has 3 unspecified atom stereocenters. The Kier molecular flexibility index (Phi) is 38.3. The zero-order valence-corrected chi connectivity index (χ0v) is 38.3. The fourth-order valence-electron chi connectivity index (χ4n) is 6.58. The number of hydrogen-bond donors (Lipinski definition) is 3. The first-order valence-electron chi connectivity index (χ1n) is 23.4. The highest BCUT2D eigenvalue weighted by molar-refractivity contribution is 7.47. The molecule has 0 spiro atoms. The van der Waals surface area contributed by atoms with Gasteiger partial charge in [-0.1, -0.05) is 179 Å². The fraction of sp³-hybridized carbons (Fsp3) is 0.851. The van der Waals surface area contributed by atoms with Gasteiger partial charge in [0.1, 0.15) is 13.2 Å². The number of carbonyl (C=O) groups is 1. The summed E-state index contributed by atoms with van der Waals surface area (Å²) in [6.45, 7) is 4.79. The van der Waals surface area contributed by atoms with E-state index in [9.17, 15) is 19.4 Å². The molecule has 0 aromatic heterocycles. The molecule has 0 saturated heterocycles. The van der Waals surface area contributed by atoms with Crippen molar-refractivity contribution < 1.29 is 32.9 Å². The Morgan fingerprint density at radius 3 is 1.43 bits per heavy atom. The number of phosphoric acid groups is 1. The van der Waals surface area contributed by atoms with Crippen LogP contribution in [0.25, 0.3) is 0 Å². The van der Waals surface area contributed by atoms with Gasteiger partial charge in [-0.25, -0.2) is 4.57 Å². The molecule has 0 rings (SSSR count). The molecule has 56 heavy (non-hydrogen) atoms. The van der Waals surface area contributed by atoms with Gasteiger partial charge in [0.15, 0.2) is 0 Å². The molecule has 0 aromatic rings. The van der Waals surface area contributed by atoms with Crippen LogP contribution >= 0.6 is 7.82 Å². The number of aliphatic hydroxyl groups is 1. The zero-order chi connectivity index (χ0) is 41.4. The van der Waals surface area contributed by atoms with Gasteiger partial charge in [0.05, 0.1) is 39.9 Å². The van der Waals surface area contributed by atoms with E-state index < -0.39 is 20.0 Å². The Bertz CT molecular complexity index is 1010. The summed E-state index contributed by atoms with van der Waals surface area (Å²) in [5.74, 6) is -0.190. The van der Waals surface area contributed by atoms with E-state index in [0.29, 0.717) is 17.4 Å². The lowest BCUT2D eigenvalue weighted by Gasteiger charge is -2.25. The number of carbonyl (C=O) groups excluding carboxylic acids is 1. The lowest BCUT2D eigenvalue weighted by Crippen LogP contribution is -2.45. The number of nitrogens with one attached hydrogen (secondary N) is 1. The van der Waals surface area contributed by atoms with Gasteiger partial charge in [-0.05, 0) is 57.8 Å². The van der Waals surface area contributed by atoms with Gasteiger partial charge in [-0.2, -0.15) is 0 Å². The number of likely N-dealkylation sites (N-methyl/N-ethyl adjacent to an activating group) is 1. The van der Waals surface area contributed by atoms with Crippen LogP contribution in [0.15, 0.2) is 36.5 Å². The van der Waals surface area contributed by atoms with Crippen molar-refractivity contribution in [3.8, 4) is 0 Å². The third kappa shape index (κ3) is 40.9. The van der Waals surface area contributed by atoms with Crippen molar-refractivity contribution in [2.24, 2.45) is 0 Å². The van der Waals surface area contributed by atoms with Crippen LogP contribution in [0, 0.1) is 0 Å². The van der Waals surface area contributed by atoms with Crippen LogP contribution in [0.4, 0.5) is 0 Å². The van der Waals surface area contributed by atoms with Crippen LogP contribution in [-0.2, 0) is 18.4 Å². The van der Waals surface area contributed by atoms with E-state index in [-0.39, 0.29) is 19.1 Å². The van der Waals surface area contributed by atoms with Gasteiger partial charge in [-0.15, -0.1) is 0 Å². The van der Waals surface area contributed by atoms with Crippen molar-refractivity contribution in [1.29, 1.82) is 0 Å². The maximum absolute atomic E-state index is 12.9. The number of aliphatic hydroxyl groups excluding tert-OH is 1. The van der Waals surface area contributed by atoms with E-state index in [1.54, 1.807) is 6.08 Å². The predicted molar refractivity (Wildman–Crippen MR) is 240 cm³/mol. The molecule has 330 valence electrons. The second kappa shape index (κ2) is 39.2. The average Bonchev–Trinajstić information content (AvgIpc) is 3.15. The molecule has 0 bridgehead atoms. The molecule has 9 heteroatoms. The van der Waals surface area contributed by atoms with Crippen molar-refractivity contribution in [3.05, 3.63) is 36.5 Å². The molecule has 0 aliphatic heterocycles. The average molecular weight is 812 g/mol. The molecular weight excluding hydrogens is 719 g/mol. The number of nitrogens with zero attached hydrogens (tertiary/aromatic N) is 1. The maximum atomic E-state index is 12.9. The Hall–Kier alpha value is -1.28. The molecule has 0 saturated carbocycles. The number of phosphoric ester groups is 1. The zero-order valence-electron chi connectivity index (χ0n) is 37.4. The van der Waals surface area contributed by atoms with Gasteiger partial charge in [0.25, 0.3) is 0 Å². The highest BCUT2D eigenvalue weighted by Crippen LogP contribution is 2.43. The maximum Gasteiger partial charge on any atom is 0.472 e. The number of quaternary nitrogens is 1. The molecule has 0 aliphatic carbocycles.